The number of ether oxygens (including phenoxy) is 1. The van der Waals surface area contributed by atoms with E-state index in [0.29, 0.717) is 30.3 Å². The number of nitrogens with zero attached hydrogens (tertiary/aromatic N) is 1. The molecule has 0 saturated heterocycles. The molecule has 2 amide bonds. The number of amides is 2. The quantitative estimate of drug-likeness (QED) is 0.680. The largest absolute Gasteiger partial charge is 0.495 e. The van der Waals surface area contributed by atoms with Crippen LogP contribution in [-0.4, -0.2) is 43.5 Å². The van der Waals surface area contributed by atoms with Gasteiger partial charge in [0.1, 0.15) is 11.5 Å². The minimum absolute atomic E-state index is 0.125. The maximum atomic E-state index is 12.3. The molecule has 0 fully saturated rings. The Bertz CT molecular complexity index is 701. The number of carbonyl (C=O) groups is 2. The molecule has 0 aliphatic heterocycles. The number of para-hydroxylation sites is 2. The molecule has 0 aliphatic carbocycles. The molecular formula is C19H25N3O4. The van der Waals surface area contributed by atoms with Crippen molar-refractivity contribution in [1.29, 1.82) is 0 Å². The Kier molecular flexibility index (Phi) is 7.70. The van der Waals surface area contributed by atoms with Gasteiger partial charge in [-0.25, -0.2) is 0 Å². The third-order valence-electron chi connectivity index (χ3n) is 3.70. The van der Waals surface area contributed by atoms with Crippen molar-refractivity contribution in [2.24, 2.45) is 0 Å². The summed E-state index contributed by atoms with van der Waals surface area (Å²) in [5.74, 6) is 0.940. The summed E-state index contributed by atoms with van der Waals surface area (Å²) < 4.78 is 10.4. The highest BCUT2D eigenvalue weighted by atomic mass is 16.5. The van der Waals surface area contributed by atoms with Crippen molar-refractivity contribution in [1.82, 2.24) is 10.2 Å². The smallest absolute Gasteiger partial charge is 0.238 e. The standard InChI is InChI=1S/C19H25N3O4/c1-3-10-22(13-18(23)20-12-15-7-6-11-26-15)14-19(24)21-16-8-4-5-9-17(16)25-2/h4-9,11H,3,10,12-14H2,1-2H3,(H,20,23)(H,21,24). The van der Waals surface area contributed by atoms with Crippen LogP contribution in [0, 0.1) is 0 Å². The number of rotatable bonds is 10. The second-order valence-corrected chi connectivity index (χ2v) is 5.82. The number of hydrogen-bond acceptors (Lipinski definition) is 5. The fraction of sp³-hybridized carbons (Fsp3) is 0.368. The molecule has 0 bridgehead atoms. The van der Waals surface area contributed by atoms with Crippen molar-refractivity contribution in [3.8, 4) is 5.75 Å². The average Bonchev–Trinajstić information content (AvgIpc) is 3.14. The van der Waals surface area contributed by atoms with Crippen LogP contribution in [0.2, 0.25) is 0 Å². The molecule has 0 saturated carbocycles. The molecule has 0 unspecified atom stereocenters. The zero-order valence-corrected chi connectivity index (χ0v) is 15.2. The topological polar surface area (TPSA) is 83.8 Å². The number of hydrogen-bond donors (Lipinski definition) is 2. The van der Waals surface area contributed by atoms with Crippen LogP contribution < -0.4 is 15.4 Å². The molecule has 0 atom stereocenters. The Hall–Kier alpha value is -2.80. The van der Waals surface area contributed by atoms with Crippen molar-refractivity contribution < 1.29 is 18.7 Å². The SMILES string of the molecule is CCCN(CC(=O)NCc1ccco1)CC(=O)Nc1ccccc1OC. The van der Waals surface area contributed by atoms with Gasteiger partial charge < -0.3 is 19.8 Å². The van der Waals surface area contributed by atoms with Gasteiger partial charge in [0, 0.05) is 0 Å². The first-order valence-corrected chi connectivity index (χ1v) is 8.56. The minimum atomic E-state index is -0.193. The van der Waals surface area contributed by atoms with E-state index in [9.17, 15) is 9.59 Å². The molecule has 1 aromatic heterocycles. The van der Waals surface area contributed by atoms with Crippen molar-refractivity contribution in [2.45, 2.75) is 19.9 Å². The number of carbonyl (C=O) groups excluding carboxylic acids is 2. The highest BCUT2D eigenvalue weighted by Gasteiger charge is 2.15. The fourth-order valence-corrected chi connectivity index (χ4v) is 2.53. The highest BCUT2D eigenvalue weighted by Crippen LogP contribution is 2.22. The molecule has 0 spiro atoms. The van der Waals surface area contributed by atoms with Crippen LogP contribution >= 0.6 is 0 Å². The summed E-state index contributed by atoms with van der Waals surface area (Å²) in [6, 6.07) is 10.8. The van der Waals surface area contributed by atoms with Crippen LogP contribution in [0.1, 0.15) is 19.1 Å². The van der Waals surface area contributed by atoms with Gasteiger partial charge in [-0.05, 0) is 37.2 Å². The third kappa shape index (κ3) is 6.25. The number of anilines is 1. The summed E-state index contributed by atoms with van der Waals surface area (Å²) in [5.41, 5.74) is 0.610. The van der Waals surface area contributed by atoms with E-state index in [-0.39, 0.29) is 24.9 Å². The lowest BCUT2D eigenvalue weighted by molar-refractivity contribution is -0.123. The number of benzene rings is 1. The Balaban J connectivity index is 1.85. The molecule has 7 nitrogen and oxygen atoms in total. The van der Waals surface area contributed by atoms with Crippen molar-refractivity contribution >= 4 is 17.5 Å². The molecule has 2 aromatic rings. The van der Waals surface area contributed by atoms with Crippen molar-refractivity contribution in [3.63, 3.8) is 0 Å². The normalized spacial score (nSPS) is 10.6. The molecule has 26 heavy (non-hydrogen) atoms. The first kappa shape index (κ1) is 19.5. The maximum Gasteiger partial charge on any atom is 0.238 e. The number of methoxy groups -OCH3 is 1. The zero-order chi connectivity index (χ0) is 18.8. The van der Waals surface area contributed by atoms with Gasteiger partial charge in [0.15, 0.2) is 0 Å². The van der Waals surface area contributed by atoms with Crippen molar-refractivity contribution in [2.75, 3.05) is 32.1 Å². The molecule has 2 rings (SSSR count). The molecular weight excluding hydrogens is 334 g/mol. The lowest BCUT2D eigenvalue weighted by Gasteiger charge is -2.20. The van der Waals surface area contributed by atoms with Gasteiger partial charge in [-0.1, -0.05) is 19.1 Å². The van der Waals surface area contributed by atoms with Crippen LogP contribution in [0.15, 0.2) is 47.1 Å². The van der Waals surface area contributed by atoms with Crippen LogP contribution in [0.5, 0.6) is 5.75 Å². The van der Waals surface area contributed by atoms with Gasteiger partial charge in [-0.15, -0.1) is 0 Å². The molecule has 7 heteroatoms. The molecule has 1 heterocycles. The summed E-state index contributed by atoms with van der Waals surface area (Å²) in [5, 5.41) is 5.61. The second kappa shape index (κ2) is 10.2. The number of furan rings is 1. The monoisotopic (exact) mass is 359 g/mol. The van der Waals surface area contributed by atoms with Gasteiger partial charge in [0.2, 0.25) is 11.8 Å². The van der Waals surface area contributed by atoms with Gasteiger partial charge >= 0.3 is 0 Å². The van der Waals surface area contributed by atoms with Crippen LogP contribution in [-0.2, 0) is 16.1 Å². The van der Waals surface area contributed by atoms with Crippen LogP contribution in [0.25, 0.3) is 0 Å². The van der Waals surface area contributed by atoms with Crippen LogP contribution in [0.3, 0.4) is 0 Å². The number of nitrogens with one attached hydrogen (secondary N) is 2. The minimum Gasteiger partial charge on any atom is -0.495 e. The summed E-state index contributed by atoms with van der Waals surface area (Å²) in [6.45, 7) is 3.26. The summed E-state index contributed by atoms with van der Waals surface area (Å²) >= 11 is 0. The zero-order valence-electron chi connectivity index (χ0n) is 15.2. The van der Waals surface area contributed by atoms with E-state index in [1.165, 1.54) is 0 Å². The van der Waals surface area contributed by atoms with Gasteiger partial charge in [0.25, 0.3) is 0 Å². The van der Waals surface area contributed by atoms with Gasteiger partial charge in [-0.3, -0.25) is 14.5 Å². The van der Waals surface area contributed by atoms with E-state index < -0.39 is 0 Å². The van der Waals surface area contributed by atoms with E-state index in [0.717, 1.165) is 6.42 Å². The van der Waals surface area contributed by atoms with Crippen LogP contribution in [0.4, 0.5) is 5.69 Å². The fourth-order valence-electron chi connectivity index (χ4n) is 2.53. The Labute approximate surface area is 153 Å². The lowest BCUT2D eigenvalue weighted by atomic mass is 10.3. The Morgan fingerprint density at radius 2 is 1.88 bits per heavy atom. The predicted octanol–water partition coefficient (Wildman–Crippen LogP) is 2.26. The highest BCUT2D eigenvalue weighted by molar-refractivity contribution is 5.94. The van der Waals surface area contributed by atoms with E-state index in [1.807, 2.05) is 24.0 Å². The third-order valence-corrected chi connectivity index (χ3v) is 3.70. The van der Waals surface area contributed by atoms with Gasteiger partial charge in [-0.2, -0.15) is 0 Å². The lowest BCUT2D eigenvalue weighted by Crippen LogP contribution is -2.41. The maximum absolute atomic E-state index is 12.3. The molecule has 0 radical (unpaired) electrons. The Morgan fingerprint density at radius 1 is 1.12 bits per heavy atom. The van der Waals surface area contributed by atoms with E-state index >= 15 is 0 Å². The molecule has 140 valence electrons. The van der Waals surface area contributed by atoms with E-state index in [2.05, 4.69) is 10.6 Å². The summed E-state index contributed by atoms with van der Waals surface area (Å²) in [7, 11) is 1.55. The molecule has 1 aromatic carbocycles. The summed E-state index contributed by atoms with van der Waals surface area (Å²) in [4.78, 5) is 26.3. The van der Waals surface area contributed by atoms with Gasteiger partial charge in [0.05, 0.1) is 38.7 Å². The second-order valence-electron chi connectivity index (χ2n) is 5.82. The predicted molar refractivity (Wildman–Crippen MR) is 98.9 cm³/mol. The Morgan fingerprint density at radius 3 is 2.58 bits per heavy atom. The first-order valence-electron chi connectivity index (χ1n) is 8.56. The first-order chi connectivity index (χ1) is 12.6. The molecule has 2 N–H and O–H groups in total. The summed E-state index contributed by atoms with van der Waals surface area (Å²) in [6.07, 6.45) is 2.40. The van der Waals surface area contributed by atoms with Crippen molar-refractivity contribution in [3.05, 3.63) is 48.4 Å². The molecule has 0 aliphatic rings. The van der Waals surface area contributed by atoms with E-state index in [4.69, 9.17) is 9.15 Å². The average molecular weight is 359 g/mol. The van der Waals surface area contributed by atoms with E-state index in [1.54, 1.807) is 37.6 Å².